The number of carbonyl (C=O) groups is 1. The van der Waals surface area contributed by atoms with Gasteiger partial charge in [-0.1, -0.05) is 11.8 Å². The Morgan fingerprint density at radius 2 is 2.00 bits per heavy atom. The number of thioether (sulfide) groups is 1. The molecule has 1 aliphatic heterocycles. The maximum atomic E-state index is 10.7. The first kappa shape index (κ1) is 12.8. The quantitative estimate of drug-likeness (QED) is 0.824. The maximum absolute atomic E-state index is 10.7. The van der Waals surface area contributed by atoms with E-state index in [1.807, 2.05) is 0 Å². The molecular formula is C12H18N4O2S. The molecule has 19 heavy (non-hydrogen) atoms. The molecule has 1 saturated heterocycles. The molecule has 2 aliphatic rings. The number of aliphatic carboxylic acids is 1. The zero-order valence-corrected chi connectivity index (χ0v) is 11.6. The van der Waals surface area contributed by atoms with Gasteiger partial charge in [-0.3, -0.25) is 4.79 Å². The number of hydrogen-bond donors (Lipinski definition) is 1. The second-order valence-corrected chi connectivity index (χ2v) is 6.07. The number of aromatic nitrogens is 3. The van der Waals surface area contributed by atoms with Crippen LogP contribution in [0.5, 0.6) is 0 Å². The van der Waals surface area contributed by atoms with Crippen LogP contribution in [-0.2, 0) is 4.79 Å². The van der Waals surface area contributed by atoms with Crippen molar-refractivity contribution < 1.29 is 9.90 Å². The van der Waals surface area contributed by atoms with E-state index < -0.39 is 5.97 Å². The average molecular weight is 282 g/mol. The summed E-state index contributed by atoms with van der Waals surface area (Å²) in [5, 5.41) is 20.3. The summed E-state index contributed by atoms with van der Waals surface area (Å²) in [7, 11) is 0. The Morgan fingerprint density at radius 1 is 1.26 bits per heavy atom. The number of rotatable bonds is 5. The number of carboxylic acids is 1. The van der Waals surface area contributed by atoms with Crippen molar-refractivity contribution in [2.24, 2.45) is 0 Å². The first-order valence-corrected chi connectivity index (χ1v) is 7.79. The molecule has 0 radical (unpaired) electrons. The molecule has 6 nitrogen and oxygen atoms in total. The molecule has 0 spiro atoms. The second-order valence-electron chi connectivity index (χ2n) is 5.12. The highest BCUT2D eigenvalue weighted by atomic mass is 32.2. The molecule has 1 saturated carbocycles. The first-order chi connectivity index (χ1) is 9.25. The SMILES string of the molecule is O=C(O)CSc1nnc(C2CC2)n1N1CCCCC1. The summed E-state index contributed by atoms with van der Waals surface area (Å²) in [4.78, 5) is 10.7. The Balaban J connectivity index is 1.83. The summed E-state index contributed by atoms with van der Waals surface area (Å²) in [6, 6.07) is 0. The van der Waals surface area contributed by atoms with Gasteiger partial charge in [0.15, 0.2) is 5.82 Å². The maximum Gasteiger partial charge on any atom is 0.313 e. The lowest BCUT2D eigenvalue weighted by Crippen LogP contribution is -2.40. The van der Waals surface area contributed by atoms with Crippen LogP contribution in [0.25, 0.3) is 0 Å². The molecule has 104 valence electrons. The Kier molecular flexibility index (Phi) is 3.63. The summed E-state index contributed by atoms with van der Waals surface area (Å²) < 4.78 is 2.09. The third kappa shape index (κ3) is 2.86. The van der Waals surface area contributed by atoms with Gasteiger partial charge in [-0.15, -0.1) is 10.2 Å². The lowest BCUT2D eigenvalue weighted by molar-refractivity contribution is -0.133. The topological polar surface area (TPSA) is 71.2 Å². The van der Waals surface area contributed by atoms with E-state index in [2.05, 4.69) is 19.9 Å². The van der Waals surface area contributed by atoms with E-state index in [0.29, 0.717) is 5.92 Å². The highest BCUT2D eigenvalue weighted by Gasteiger charge is 2.32. The van der Waals surface area contributed by atoms with Crippen LogP contribution >= 0.6 is 11.8 Å². The Bertz CT molecular complexity index is 466. The summed E-state index contributed by atoms with van der Waals surface area (Å²) in [6.07, 6.45) is 6.00. The van der Waals surface area contributed by atoms with Crippen LogP contribution in [0.15, 0.2) is 5.16 Å². The van der Waals surface area contributed by atoms with Crippen molar-refractivity contribution >= 4 is 17.7 Å². The van der Waals surface area contributed by atoms with Crippen LogP contribution in [0.4, 0.5) is 0 Å². The van der Waals surface area contributed by atoms with Gasteiger partial charge in [0.1, 0.15) is 0 Å². The van der Waals surface area contributed by atoms with Crippen LogP contribution in [0, 0.1) is 0 Å². The molecule has 0 bridgehead atoms. The lowest BCUT2D eigenvalue weighted by atomic mass is 10.2. The molecule has 7 heteroatoms. The van der Waals surface area contributed by atoms with Gasteiger partial charge in [-0.25, -0.2) is 4.68 Å². The van der Waals surface area contributed by atoms with Gasteiger partial charge in [0.25, 0.3) is 0 Å². The van der Waals surface area contributed by atoms with Gasteiger partial charge >= 0.3 is 5.97 Å². The normalized spacial score (nSPS) is 19.7. The minimum atomic E-state index is -0.814. The fraction of sp³-hybridized carbons (Fsp3) is 0.750. The van der Waals surface area contributed by atoms with Crippen LogP contribution in [0.1, 0.15) is 43.8 Å². The van der Waals surface area contributed by atoms with E-state index in [0.717, 1.165) is 24.1 Å². The fourth-order valence-corrected chi connectivity index (χ4v) is 3.11. The molecule has 1 aromatic rings. The predicted molar refractivity (Wildman–Crippen MR) is 72.2 cm³/mol. The van der Waals surface area contributed by atoms with E-state index in [1.54, 1.807) is 0 Å². The average Bonchev–Trinajstić information content (AvgIpc) is 3.17. The standard InChI is InChI=1S/C12H18N4O2S/c17-10(18)8-19-12-14-13-11(9-4-5-9)16(12)15-6-2-1-3-7-15/h9H,1-8H2,(H,17,18). The predicted octanol–water partition coefficient (Wildman–Crippen LogP) is 1.45. The minimum absolute atomic E-state index is 0.0383. The molecule has 2 fully saturated rings. The van der Waals surface area contributed by atoms with Crippen LogP contribution < -0.4 is 5.01 Å². The van der Waals surface area contributed by atoms with Crippen molar-refractivity contribution in [3.8, 4) is 0 Å². The molecule has 1 N–H and O–H groups in total. The van der Waals surface area contributed by atoms with Gasteiger partial charge in [0, 0.05) is 19.0 Å². The fourth-order valence-electron chi connectivity index (χ4n) is 2.43. The summed E-state index contributed by atoms with van der Waals surface area (Å²) in [5.41, 5.74) is 0. The van der Waals surface area contributed by atoms with Crippen LogP contribution in [0.2, 0.25) is 0 Å². The van der Waals surface area contributed by atoms with Gasteiger partial charge in [-0.2, -0.15) is 0 Å². The Labute approximate surface area is 116 Å². The van der Waals surface area contributed by atoms with E-state index in [4.69, 9.17) is 5.11 Å². The molecule has 2 heterocycles. The van der Waals surface area contributed by atoms with Gasteiger partial charge in [0.05, 0.1) is 5.75 Å². The number of hydrogen-bond acceptors (Lipinski definition) is 5. The summed E-state index contributed by atoms with van der Waals surface area (Å²) in [6.45, 7) is 2.02. The molecule has 1 aliphatic carbocycles. The molecule has 0 aromatic carbocycles. The monoisotopic (exact) mass is 282 g/mol. The molecule has 3 rings (SSSR count). The minimum Gasteiger partial charge on any atom is -0.481 e. The van der Waals surface area contributed by atoms with Crippen molar-refractivity contribution in [3.63, 3.8) is 0 Å². The summed E-state index contributed by atoms with van der Waals surface area (Å²) in [5.74, 6) is 0.769. The lowest BCUT2D eigenvalue weighted by Gasteiger charge is -2.31. The highest BCUT2D eigenvalue weighted by molar-refractivity contribution is 7.99. The number of piperidine rings is 1. The van der Waals surface area contributed by atoms with Crippen molar-refractivity contribution in [2.45, 2.75) is 43.2 Å². The van der Waals surface area contributed by atoms with Gasteiger partial charge in [0.2, 0.25) is 5.16 Å². The number of carboxylic acid groups (broad SMARTS) is 1. The van der Waals surface area contributed by atoms with Crippen LogP contribution in [-0.4, -0.2) is 44.8 Å². The van der Waals surface area contributed by atoms with Crippen molar-refractivity contribution in [2.75, 3.05) is 23.9 Å². The van der Waals surface area contributed by atoms with Crippen LogP contribution in [0.3, 0.4) is 0 Å². The van der Waals surface area contributed by atoms with E-state index >= 15 is 0 Å². The zero-order chi connectivity index (χ0) is 13.2. The third-order valence-corrected chi connectivity index (χ3v) is 4.42. The van der Waals surface area contributed by atoms with E-state index in [1.165, 1.54) is 43.9 Å². The third-order valence-electron chi connectivity index (χ3n) is 3.52. The Hall–Kier alpha value is -1.24. The molecule has 0 atom stereocenters. The van der Waals surface area contributed by atoms with Crippen molar-refractivity contribution in [3.05, 3.63) is 5.82 Å². The van der Waals surface area contributed by atoms with E-state index in [-0.39, 0.29) is 5.75 Å². The molecule has 0 unspecified atom stereocenters. The zero-order valence-electron chi connectivity index (χ0n) is 10.8. The second kappa shape index (κ2) is 5.40. The Morgan fingerprint density at radius 3 is 2.63 bits per heavy atom. The van der Waals surface area contributed by atoms with Gasteiger partial charge < -0.3 is 10.1 Å². The van der Waals surface area contributed by atoms with Gasteiger partial charge in [-0.05, 0) is 32.1 Å². The molecule has 1 aromatic heterocycles. The first-order valence-electron chi connectivity index (χ1n) is 6.81. The smallest absolute Gasteiger partial charge is 0.313 e. The highest BCUT2D eigenvalue weighted by Crippen LogP contribution is 2.40. The molecule has 0 amide bonds. The number of nitrogens with zero attached hydrogens (tertiary/aromatic N) is 4. The largest absolute Gasteiger partial charge is 0.481 e. The summed E-state index contributed by atoms with van der Waals surface area (Å²) >= 11 is 1.26. The van der Waals surface area contributed by atoms with E-state index in [9.17, 15) is 4.79 Å². The van der Waals surface area contributed by atoms with Crippen molar-refractivity contribution in [1.82, 2.24) is 14.9 Å². The molecular weight excluding hydrogens is 264 g/mol. The van der Waals surface area contributed by atoms with Crippen molar-refractivity contribution in [1.29, 1.82) is 0 Å².